The van der Waals surface area contributed by atoms with Gasteiger partial charge in [-0.25, -0.2) is 9.37 Å². The summed E-state index contributed by atoms with van der Waals surface area (Å²) in [7, 11) is 0. The van der Waals surface area contributed by atoms with Crippen LogP contribution in [0.2, 0.25) is 0 Å². The van der Waals surface area contributed by atoms with E-state index in [9.17, 15) is 19.3 Å². The fourth-order valence-corrected chi connectivity index (χ4v) is 1.38. The minimum absolute atomic E-state index is 0.0210. The predicted molar refractivity (Wildman–Crippen MR) is 65.2 cm³/mol. The number of nitro groups is 1. The second-order valence-electron chi connectivity index (χ2n) is 3.59. The molecule has 2 aromatic rings. The molecule has 19 heavy (non-hydrogen) atoms. The largest absolute Gasteiger partial charge is 0.318 e. The molecule has 1 aromatic carbocycles. The van der Waals surface area contributed by atoms with Crippen LogP contribution in [0.25, 0.3) is 0 Å². The van der Waals surface area contributed by atoms with Crippen molar-refractivity contribution in [2.45, 2.75) is 0 Å². The van der Waals surface area contributed by atoms with E-state index in [4.69, 9.17) is 0 Å². The Balaban J connectivity index is 2.16. The number of rotatable bonds is 3. The molecule has 0 fully saturated rings. The maximum absolute atomic E-state index is 13.3. The molecule has 1 aromatic heterocycles. The van der Waals surface area contributed by atoms with E-state index >= 15 is 0 Å². The van der Waals surface area contributed by atoms with E-state index in [1.54, 1.807) is 6.07 Å². The number of carbonyl (C=O) groups excluding carboxylic acids is 1. The van der Waals surface area contributed by atoms with Gasteiger partial charge in [0, 0.05) is 6.07 Å². The summed E-state index contributed by atoms with van der Waals surface area (Å²) in [5.74, 6) is -1.21. The molecule has 0 spiro atoms. The van der Waals surface area contributed by atoms with Gasteiger partial charge in [0.05, 0.1) is 10.6 Å². The number of para-hydroxylation sites is 1. The zero-order valence-corrected chi connectivity index (χ0v) is 9.54. The maximum Gasteiger partial charge on any atom is 0.287 e. The van der Waals surface area contributed by atoms with Gasteiger partial charge in [-0.15, -0.1) is 0 Å². The number of hydrogen-bond acceptors (Lipinski definition) is 4. The number of nitrogens with zero attached hydrogens (tertiary/aromatic N) is 2. The molecule has 1 heterocycles. The number of pyridine rings is 1. The second kappa shape index (κ2) is 5.21. The molecule has 0 bridgehead atoms. The standard InChI is InChI=1S/C12H8FN3O3/c13-9-3-1-2-4-10(9)15-12(17)11-6-5-8(7-14-11)16(18)19/h1-7H,(H,15,17). The van der Waals surface area contributed by atoms with Gasteiger partial charge >= 0.3 is 0 Å². The maximum atomic E-state index is 13.3. The van der Waals surface area contributed by atoms with Crippen molar-refractivity contribution < 1.29 is 14.1 Å². The van der Waals surface area contributed by atoms with Gasteiger partial charge in [0.1, 0.15) is 17.7 Å². The van der Waals surface area contributed by atoms with Crippen LogP contribution in [0.3, 0.4) is 0 Å². The van der Waals surface area contributed by atoms with Gasteiger partial charge in [-0.3, -0.25) is 14.9 Å². The molecule has 0 unspecified atom stereocenters. The van der Waals surface area contributed by atoms with Gasteiger partial charge in [-0.1, -0.05) is 12.1 Å². The van der Waals surface area contributed by atoms with Crippen molar-refractivity contribution in [1.82, 2.24) is 4.98 Å². The number of halogens is 1. The van der Waals surface area contributed by atoms with Gasteiger partial charge in [0.25, 0.3) is 11.6 Å². The van der Waals surface area contributed by atoms with Crippen molar-refractivity contribution in [1.29, 1.82) is 0 Å². The van der Waals surface area contributed by atoms with E-state index in [2.05, 4.69) is 10.3 Å². The first-order valence-corrected chi connectivity index (χ1v) is 5.24. The lowest BCUT2D eigenvalue weighted by Gasteiger charge is -2.05. The van der Waals surface area contributed by atoms with Crippen LogP contribution < -0.4 is 5.32 Å². The molecule has 1 N–H and O–H groups in total. The SMILES string of the molecule is O=C(Nc1ccccc1F)c1ccc([N+](=O)[O-])cn1. The first kappa shape index (κ1) is 12.6. The molecule has 7 heteroatoms. The highest BCUT2D eigenvalue weighted by Crippen LogP contribution is 2.14. The van der Waals surface area contributed by atoms with Crippen molar-refractivity contribution in [3.05, 3.63) is 64.2 Å². The normalized spacial score (nSPS) is 9.95. The first-order valence-electron chi connectivity index (χ1n) is 5.24. The van der Waals surface area contributed by atoms with Crippen LogP contribution in [-0.4, -0.2) is 15.8 Å². The van der Waals surface area contributed by atoms with Crippen LogP contribution in [0.5, 0.6) is 0 Å². The molecule has 0 saturated carbocycles. The van der Waals surface area contributed by atoms with Crippen LogP contribution >= 0.6 is 0 Å². The average molecular weight is 261 g/mol. The van der Waals surface area contributed by atoms with Crippen LogP contribution in [-0.2, 0) is 0 Å². The van der Waals surface area contributed by atoms with Crippen molar-refractivity contribution in [3.63, 3.8) is 0 Å². The summed E-state index contributed by atoms with van der Waals surface area (Å²) in [5, 5.41) is 12.8. The van der Waals surface area contributed by atoms with Crippen LogP contribution in [0.1, 0.15) is 10.5 Å². The van der Waals surface area contributed by atoms with Gasteiger partial charge in [0.15, 0.2) is 0 Å². The quantitative estimate of drug-likeness (QED) is 0.679. The summed E-state index contributed by atoms with van der Waals surface area (Å²) >= 11 is 0. The summed E-state index contributed by atoms with van der Waals surface area (Å²) in [6.45, 7) is 0. The lowest BCUT2D eigenvalue weighted by Crippen LogP contribution is -2.14. The molecule has 0 aliphatic carbocycles. The van der Waals surface area contributed by atoms with E-state index in [0.29, 0.717) is 0 Å². The number of carbonyl (C=O) groups is 1. The van der Waals surface area contributed by atoms with Gasteiger partial charge in [-0.05, 0) is 18.2 Å². The summed E-state index contributed by atoms with van der Waals surface area (Å²) in [5.41, 5.74) is -0.232. The summed E-state index contributed by atoms with van der Waals surface area (Å²) in [4.78, 5) is 25.2. The van der Waals surface area contributed by atoms with E-state index in [-0.39, 0.29) is 17.1 Å². The molecule has 1 amide bonds. The molecule has 0 atom stereocenters. The van der Waals surface area contributed by atoms with Crippen LogP contribution in [0, 0.1) is 15.9 Å². The number of hydrogen-bond donors (Lipinski definition) is 1. The van der Waals surface area contributed by atoms with Gasteiger partial charge in [0.2, 0.25) is 0 Å². The van der Waals surface area contributed by atoms with Crippen molar-refractivity contribution in [3.8, 4) is 0 Å². The Bertz CT molecular complexity index is 628. The Morgan fingerprint density at radius 1 is 1.26 bits per heavy atom. The summed E-state index contributed by atoms with van der Waals surface area (Å²) in [6.07, 6.45) is 0.969. The van der Waals surface area contributed by atoms with Crippen molar-refractivity contribution in [2.24, 2.45) is 0 Å². The lowest BCUT2D eigenvalue weighted by atomic mass is 10.2. The summed E-state index contributed by atoms with van der Waals surface area (Å²) in [6, 6.07) is 8.03. The summed E-state index contributed by atoms with van der Waals surface area (Å²) < 4.78 is 13.3. The van der Waals surface area contributed by atoms with E-state index < -0.39 is 16.6 Å². The molecule has 2 rings (SSSR count). The number of benzene rings is 1. The Labute approximate surface area is 107 Å². The highest BCUT2D eigenvalue weighted by atomic mass is 19.1. The fourth-order valence-electron chi connectivity index (χ4n) is 1.38. The third-order valence-electron chi connectivity index (χ3n) is 2.31. The third kappa shape index (κ3) is 2.89. The molecule has 0 aliphatic heterocycles. The van der Waals surface area contributed by atoms with Crippen LogP contribution in [0.15, 0.2) is 42.6 Å². The minimum atomic E-state index is -0.639. The monoisotopic (exact) mass is 261 g/mol. The third-order valence-corrected chi connectivity index (χ3v) is 2.31. The predicted octanol–water partition coefficient (Wildman–Crippen LogP) is 2.38. The first-order chi connectivity index (χ1) is 9.08. The number of aromatic nitrogens is 1. The van der Waals surface area contributed by atoms with E-state index in [1.807, 2.05) is 0 Å². The Kier molecular flexibility index (Phi) is 3.46. The highest BCUT2D eigenvalue weighted by molar-refractivity contribution is 6.02. The van der Waals surface area contributed by atoms with Crippen molar-refractivity contribution in [2.75, 3.05) is 5.32 Å². The Hall–Kier alpha value is -2.83. The fraction of sp³-hybridized carbons (Fsp3) is 0. The smallest absolute Gasteiger partial charge is 0.287 e. The molecule has 96 valence electrons. The lowest BCUT2D eigenvalue weighted by molar-refractivity contribution is -0.385. The van der Waals surface area contributed by atoms with Crippen LogP contribution in [0.4, 0.5) is 15.8 Å². The van der Waals surface area contributed by atoms with E-state index in [0.717, 1.165) is 12.3 Å². The second-order valence-corrected chi connectivity index (χ2v) is 3.59. The molecule has 0 saturated heterocycles. The Morgan fingerprint density at radius 2 is 2.00 bits per heavy atom. The highest BCUT2D eigenvalue weighted by Gasteiger charge is 2.12. The minimum Gasteiger partial charge on any atom is -0.318 e. The number of amides is 1. The molecule has 0 radical (unpaired) electrons. The van der Waals surface area contributed by atoms with Gasteiger partial charge < -0.3 is 5.32 Å². The molecular weight excluding hydrogens is 253 g/mol. The Morgan fingerprint density at radius 3 is 2.58 bits per heavy atom. The van der Waals surface area contributed by atoms with Gasteiger partial charge in [-0.2, -0.15) is 0 Å². The molecule has 0 aliphatic rings. The zero-order valence-electron chi connectivity index (χ0n) is 9.54. The molecule has 6 nitrogen and oxygen atoms in total. The number of anilines is 1. The number of nitrogens with one attached hydrogen (secondary N) is 1. The molecular formula is C12H8FN3O3. The van der Waals surface area contributed by atoms with Crippen molar-refractivity contribution >= 4 is 17.3 Å². The topological polar surface area (TPSA) is 85.1 Å². The zero-order chi connectivity index (χ0) is 13.8. The van der Waals surface area contributed by atoms with E-state index in [1.165, 1.54) is 24.3 Å². The average Bonchev–Trinajstić information content (AvgIpc) is 2.41.